The Labute approximate surface area is 116 Å². The van der Waals surface area contributed by atoms with Crippen molar-refractivity contribution in [3.8, 4) is 0 Å². The molecule has 0 radical (unpaired) electrons. The van der Waals surface area contributed by atoms with E-state index in [1.54, 1.807) is 12.1 Å². The molecule has 0 aliphatic carbocycles. The van der Waals surface area contributed by atoms with Crippen LogP contribution in [0.1, 0.15) is 30.6 Å². The normalized spacial score (nSPS) is 10.5. The van der Waals surface area contributed by atoms with E-state index < -0.39 is 4.92 Å². The third kappa shape index (κ3) is 4.55. The summed E-state index contributed by atoms with van der Waals surface area (Å²) in [4.78, 5) is 23.2. The summed E-state index contributed by atoms with van der Waals surface area (Å²) < 4.78 is 0. The van der Waals surface area contributed by atoms with Gasteiger partial charge in [-0.1, -0.05) is 13.8 Å². The van der Waals surface area contributed by atoms with Gasteiger partial charge in [0.2, 0.25) is 0 Å². The molecule has 1 aromatic carbocycles. The average Bonchev–Trinajstić information content (AvgIpc) is 2.37. The number of benzene rings is 1. The number of nitro groups is 1. The first-order valence-corrected chi connectivity index (χ1v) is 7.28. The lowest BCUT2D eigenvalue weighted by Crippen LogP contribution is -2.26. The van der Waals surface area contributed by atoms with Crippen LogP contribution < -0.4 is 5.32 Å². The molecule has 1 N–H and O–H groups in total. The van der Waals surface area contributed by atoms with Crippen LogP contribution in [0.25, 0.3) is 0 Å². The molecule has 1 amide bonds. The predicted octanol–water partition coefficient (Wildman–Crippen LogP) is 3.09. The first-order valence-electron chi connectivity index (χ1n) is 6.06. The Morgan fingerprint density at radius 3 is 2.68 bits per heavy atom. The summed E-state index contributed by atoms with van der Waals surface area (Å²) in [5.74, 6) is 0.0936. The third-order valence-electron chi connectivity index (χ3n) is 2.65. The molecule has 0 aromatic heterocycles. The van der Waals surface area contributed by atoms with Gasteiger partial charge in [-0.05, 0) is 30.7 Å². The molecule has 5 nitrogen and oxygen atoms in total. The number of carbonyl (C=O) groups excluding carboxylic acids is 1. The summed E-state index contributed by atoms with van der Waals surface area (Å²) in [5, 5.41) is 13.7. The Hall–Kier alpha value is -1.56. The SMILES string of the molecule is CSc1ccc([N+](=O)[O-])c(C(=O)NCCC(C)C)c1. The molecular weight excluding hydrogens is 264 g/mol. The fourth-order valence-corrected chi connectivity index (χ4v) is 1.99. The zero-order valence-corrected chi connectivity index (χ0v) is 12.1. The average molecular weight is 282 g/mol. The first-order chi connectivity index (χ1) is 8.95. The van der Waals surface area contributed by atoms with Gasteiger partial charge in [0.05, 0.1) is 4.92 Å². The van der Waals surface area contributed by atoms with Crippen LogP contribution in [0, 0.1) is 16.0 Å². The molecule has 0 heterocycles. The highest BCUT2D eigenvalue weighted by atomic mass is 32.2. The van der Waals surface area contributed by atoms with Crippen LogP contribution in [0.4, 0.5) is 5.69 Å². The van der Waals surface area contributed by atoms with Crippen LogP contribution in [-0.4, -0.2) is 23.6 Å². The van der Waals surface area contributed by atoms with Crippen molar-refractivity contribution >= 4 is 23.4 Å². The monoisotopic (exact) mass is 282 g/mol. The van der Waals surface area contributed by atoms with Crippen molar-refractivity contribution in [1.29, 1.82) is 0 Å². The molecule has 0 saturated heterocycles. The highest BCUT2D eigenvalue weighted by molar-refractivity contribution is 7.98. The second kappa shape index (κ2) is 7.13. The van der Waals surface area contributed by atoms with Crippen LogP contribution in [0.15, 0.2) is 23.1 Å². The second-order valence-electron chi connectivity index (χ2n) is 4.58. The molecule has 0 aliphatic heterocycles. The Kier molecular flexibility index (Phi) is 5.82. The standard InChI is InChI=1S/C13H18N2O3S/c1-9(2)6-7-14-13(16)11-8-10(19-3)4-5-12(11)15(17)18/h4-5,8-9H,6-7H2,1-3H3,(H,14,16). The minimum atomic E-state index is -0.526. The topological polar surface area (TPSA) is 72.2 Å². The number of nitro benzene ring substituents is 1. The quantitative estimate of drug-likeness (QED) is 0.494. The number of nitrogens with zero attached hydrogens (tertiary/aromatic N) is 1. The van der Waals surface area contributed by atoms with Gasteiger partial charge in [-0.2, -0.15) is 0 Å². The molecule has 1 rings (SSSR count). The predicted molar refractivity (Wildman–Crippen MR) is 76.7 cm³/mol. The molecular formula is C13H18N2O3S. The van der Waals surface area contributed by atoms with E-state index in [1.165, 1.54) is 17.8 Å². The van der Waals surface area contributed by atoms with E-state index >= 15 is 0 Å². The highest BCUT2D eigenvalue weighted by Crippen LogP contribution is 2.24. The molecule has 0 aliphatic rings. The number of carbonyl (C=O) groups is 1. The second-order valence-corrected chi connectivity index (χ2v) is 5.46. The minimum absolute atomic E-state index is 0.126. The maximum absolute atomic E-state index is 12.0. The lowest BCUT2D eigenvalue weighted by atomic mass is 10.1. The van der Waals surface area contributed by atoms with E-state index in [9.17, 15) is 14.9 Å². The smallest absolute Gasteiger partial charge is 0.282 e. The van der Waals surface area contributed by atoms with Gasteiger partial charge in [0.25, 0.3) is 11.6 Å². The van der Waals surface area contributed by atoms with Gasteiger partial charge < -0.3 is 5.32 Å². The van der Waals surface area contributed by atoms with Crippen molar-refractivity contribution < 1.29 is 9.72 Å². The molecule has 0 unspecified atom stereocenters. The number of hydrogen-bond acceptors (Lipinski definition) is 4. The van der Waals surface area contributed by atoms with Crippen LogP contribution >= 0.6 is 11.8 Å². The summed E-state index contributed by atoms with van der Waals surface area (Å²) in [5.41, 5.74) is -0.0274. The summed E-state index contributed by atoms with van der Waals surface area (Å²) in [6.07, 6.45) is 2.71. The van der Waals surface area contributed by atoms with Gasteiger partial charge in [0, 0.05) is 17.5 Å². The molecule has 104 valence electrons. The Bertz CT molecular complexity index is 475. The van der Waals surface area contributed by atoms with E-state index in [4.69, 9.17) is 0 Å². The van der Waals surface area contributed by atoms with E-state index in [0.717, 1.165) is 11.3 Å². The molecule has 1 aromatic rings. The van der Waals surface area contributed by atoms with Crippen molar-refractivity contribution in [3.05, 3.63) is 33.9 Å². The number of nitrogens with one attached hydrogen (secondary N) is 1. The first kappa shape index (κ1) is 15.5. The van der Waals surface area contributed by atoms with Gasteiger partial charge in [-0.15, -0.1) is 11.8 Å². The van der Waals surface area contributed by atoms with Crippen LogP contribution in [0.3, 0.4) is 0 Å². The number of hydrogen-bond donors (Lipinski definition) is 1. The van der Waals surface area contributed by atoms with Crippen molar-refractivity contribution in [2.24, 2.45) is 5.92 Å². The van der Waals surface area contributed by atoms with Gasteiger partial charge in [0.1, 0.15) is 5.56 Å². The third-order valence-corrected chi connectivity index (χ3v) is 3.38. The van der Waals surface area contributed by atoms with E-state index in [-0.39, 0.29) is 17.2 Å². The van der Waals surface area contributed by atoms with Crippen LogP contribution in [-0.2, 0) is 0 Å². The van der Waals surface area contributed by atoms with Crippen molar-refractivity contribution in [2.75, 3.05) is 12.8 Å². The summed E-state index contributed by atoms with van der Waals surface area (Å²) >= 11 is 1.45. The largest absolute Gasteiger partial charge is 0.352 e. The van der Waals surface area contributed by atoms with Crippen LogP contribution in [0.5, 0.6) is 0 Å². The minimum Gasteiger partial charge on any atom is -0.352 e. The lowest BCUT2D eigenvalue weighted by Gasteiger charge is -2.08. The van der Waals surface area contributed by atoms with E-state index in [0.29, 0.717) is 12.5 Å². The van der Waals surface area contributed by atoms with Gasteiger partial charge in [-0.3, -0.25) is 14.9 Å². The fourth-order valence-electron chi connectivity index (χ4n) is 1.55. The number of rotatable bonds is 6. The molecule has 6 heteroatoms. The van der Waals surface area contributed by atoms with Crippen molar-refractivity contribution in [3.63, 3.8) is 0 Å². The Morgan fingerprint density at radius 2 is 2.16 bits per heavy atom. The summed E-state index contributed by atoms with van der Waals surface area (Å²) in [6, 6.07) is 4.59. The summed E-state index contributed by atoms with van der Waals surface area (Å²) in [6.45, 7) is 4.64. The van der Waals surface area contributed by atoms with Gasteiger partial charge in [-0.25, -0.2) is 0 Å². The Balaban J connectivity index is 2.89. The maximum Gasteiger partial charge on any atom is 0.282 e. The zero-order valence-electron chi connectivity index (χ0n) is 11.3. The summed E-state index contributed by atoms with van der Waals surface area (Å²) in [7, 11) is 0. The van der Waals surface area contributed by atoms with Crippen molar-refractivity contribution in [2.45, 2.75) is 25.2 Å². The van der Waals surface area contributed by atoms with E-state index in [2.05, 4.69) is 19.2 Å². The molecule has 0 saturated carbocycles. The zero-order chi connectivity index (χ0) is 14.4. The molecule has 0 bridgehead atoms. The lowest BCUT2D eigenvalue weighted by molar-refractivity contribution is -0.385. The maximum atomic E-state index is 12.0. The number of thioether (sulfide) groups is 1. The fraction of sp³-hybridized carbons (Fsp3) is 0.462. The van der Waals surface area contributed by atoms with Crippen molar-refractivity contribution in [1.82, 2.24) is 5.32 Å². The molecule has 0 spiro atoms. The Morgan fingerprint density at radius 1 is 1.47 bits per heavy atom. The van der Waals surface area contributed by atoms with Crippen LogP contribution in [0.2, 0.25) is 0 Å². The van der Waals surface area contributed by atoms with Gasteiger partial charge in [0.15, 0.2) is 0 Å². The molecule has 19 heavy (non-hydrogen) atoms. The number of amides is 1. The van der Waals surface area contributed by atoms with Gasteiger partial charge >= 0.3 is 0 Å². The molecule has 0 atom stereocenters. The highest BCUT2D eigenvalue weighted by Gasteiger charge is 2.20. The molecule has 0 fully saturated rings. The van der Waals surface area contributed by atoms with E-state index in [1.807, 2.05) is 6.26 Å².